The zero-order valence-corrected chi connectivity index (χ0v) is 18.4. The molecule has 0 aliphatic heterocycles. The van der Waals surface area contributed by atoms with Crippen LogP contribution in [0, 0.1) is 19.7 Å². The summed E-state index contributed by atoms with van der Waals surface area (Å²) in [6, 6.07) is 11.8. The molecule has 0 unspecified atom stereocenters. The van der Waals surface area contributed by atoms with Crippen LogP contribution in [0.1, 0.15) is 41.2 Å². The maximum absolute atomic E-state index is 13.2. The quantitative estimate of drug-likeness (QED) is 0.552. The highest BCUT2D eigenvalue weighted by Crippen LogP contribution is 2.28. The van der Waals surface area contributed by atoms with E-state index >= 15 is 0 Å². The fourth-order valence-electron chi connectivity index (χ4n) is 3.46. The van der Waals surface area contributed by atoms with Gasteiger partial charge in [-0.3, -0.25) is 4.79 Å². The van der Waals surface area contributed by atoms with Crippen molar-refractivity contribution >= 4 is 5.91 Å². The van der Waals surface area contributed by atoms with E-state index in [0.29, 0.717) is 54.6 Å². The molecule has 3 aromatic rings. The van der Waals surface area contributed by atoms with Crippen molar-refractivity contribution in [2.45, 2.75) is 34.1 Å². The molecule has 0 saturated carbocycles. The number of hydrogen-bond donors (Lipinski definition) is 1. The molecular formula is C24H28FN3O3. The molecule has 0 radical (unpaired) electrons. The number of rotatable bonds is 9. The molecule has 0 fully saturated rings. The molecule has 0 bridgehead atoms. The van der Waals surface area contributed by atoms with Gasteiger partial charge < -0.3 is 14.8 Å². The van der Waals surface area contributed by atoms with E-state index in [-0.39, 0.29) is 11.7 Å². The number of carbonyl (C=O) groups is 1. The van der Waals surface area contributed by atoms with Crippen LogP contribution in [0.15, 0.2) is 42.5 Å². The maximum atomic E-state index is 13.2. The molecule has 6 nitrogen and oxygen atoms in total. The third kappa shape index (κ3) is 5.23. The fourth-order valence-corrected chi connectivity index (χ4v) is 3.46. The molecule has 1 N–H and O–H groups in total. The first-order chi connectivity index (χ1) is 14.9. The Morgan fingerprint density at radius 2 is 1.71 bits per heavy atom. The van der Waals surface area contributed by atoms with E-state index in [9.17, 15) is 9.18 Å². The molecule has 1 heterocycles. The summed E-state index contributed by atoms with van der Waals surface area (Å²) in [4.78, 5) is 12.8. The van der Waals surface area contributed by atoms with E-state index in [2.05, 4.69) is 10.4 Å². The molecular weight excluding hydrogens is 397 g/mol. The van der Waals surface area contributed by atoms with Crippen molar-refractivity contribution < 1.29 is 18.7 Å². The number of amides is 1. The Bertz CT molecular complexity index is 1040. The van der Waals surface area contributed by atoms with Crippen LogP contribution in [-0.4, -0.2) is 35.4 Å². The average molecular weight is 426 g/mol. The Kier molecular flexibility index (Phi) is 7.28. The van der Waals surface area contributed by atoms with Gasteiger partial charge in [0.25, 0.3) is 5.91 Å². The van der Waals surface area contributed by atoms with Crippen LogP contribution in [0.3, 0.4) is 0 Å². The van der Waals surface area contributed by atoms with Crippen LogP contribution >= 0.6 is 0 Å². The van der Waals surface area contributed by atoms with Gasteiger partial charge >= 0.3 is 0 Å². The summed E-state index contributed by atoms with van der Waals surface area (Å²) in [5, 5.41) is 7.43. The first kappa shape index (κ1) is 22.3. The molecule has 1 amide bonds. The lowest BCUT2D eigenvalue weighted by Gasteiger charge is -2.12. The van der Waals surface area contributed by atoms with Gasteiger partial charge in [0.2, 0.25) is 0 Å². The van der Waals surface area contributed by atoms with Gasteiger partial charge in [0.1, 0.15) is 5.82 Å². The topological polar surface area (TPSA) is 65.4 Å². The molecule has 2 aromatic carbocycles. The zero-order chi connectivity index (χ0) is 22.4. The average Bonchev–Trinajstić information content (AvgIpc) is 3.04. The standard InChI is InChI=1S/C24H28FN3O3/c1-5-30-21-12-7-18(15-22(21)31-6-2)13-14-26-24(29)23-16(3)27-28(17(23)4)20-10-8-19(25)9-11-20/h7-12,15H,5-6,13-14H2,1-4H3,(H,26,29). The minimum atomic E-state index is -0.315. The van der Waals surface area contributed by atoms with Crippen LogP contribution in [-0.2, 0) is 6.42 Å². The second-order valence-electron chi connectivity index (χ2n) is 7.09. The molecule has 0 aliphatic carbocycles. The van der Waals surface area contributed by atoms with Gasteiger partial charge in [-0.2, -0.15) is 5.10 Å². The Morgan fingerprint density at radius 1 is 1.03 bits per heavy atom. The Hall–Kier alpha value is -3.35. The van der Waals surface area contributed by atoms with Gasteiger partial charge in [0, 0.05) is 6.54 Å². The zero-order valence-electron chi connectivity index (χ0n) is 18.4. The Morgan fingerprint density at radius 3 is 2.39 bits per heavy atom. The predicted octanol–water partition coefficient (Wildman–Crippen LogP) is 4.40. The second kappa shape index (κ2) is 10.1. The molecule has 7 heteroatoms. The highest BCUT2D eigenvalue weighted by Gasteiger charge is 2.19. The number of benzene rings is 2. The predicted molar refractivity (Wildman–Crippen MR) is 118 cm³/mol. The highest BCUT2D eigenvalue weighted by molar-refractivity contribution is 5.96. The number of aromatic nitrogens is 2. The molecule has 31 heavy (non-hydrogen) atoms. The number of hydrogen-bond acceptors (Lipinski definition) is 4. The summed E-state index contributed by atoms with van der Waals surface area (Å²) in [5.74, 6) is 0.932. The van der Waals surface area contributed by atoms with Gasteiger partial charge in [-0.1, -0.05) is 6.07 Å². The second-order valence-corrected chi connectivity index (χ2v) is 7.09. The first-order valence-electron chi connectivity index (χ1n) is 10.4. The third-order valence-electron chi connectivity index (χ3n) is 4.90. The number of carbonyl (C=O) groups excluding carboxylic acids is 1. The van der Waals surface area contributed by atoms with Crippen molar-refractivity contribution in [2.24, 2.45) is 0 Å². The number of aryl methyl sites for hydroxylation is 1. The number of nitrogens with zero attached hydrogens (tertiary/aromatic N) is 2. The molecule has 0 aliphatic rings. The molecule has 164 valence electrons. The van der Waals surface area contributed by atoms with Crippen LogP contribution in [0.25, 0.3) is 5.69 Å². The van der Waals surface area contributed by atoms with Gasteiger partial charge in [0.05, 0.1) is 35.9 Å². The lowest BCUT2D eigenvalue weighted by Crippen LogP contribution is -2.26. The minimum Gasteiger partial charge on any atom is -0.490 e. The SMILES string of the molecule is CCOc1ccc(CCNC(=O)c2c(C)nn(-c3ccc(F)cc3)c2C)cc1OCC. The van der Waals surface area contributed by atoms with E-state index in [0.717, 1.165) is 11.3 Å². The van der Waals surface area contributed by atoms with Crippen molar-refractivity contribution in [3.63, 3.8) is 0 Å². The van der Waals surface area contributed by atoms with Crippen molar-refractivity contribution in [3.8, 4) is 17.2 Å². The monoisotopic (exact) mass is 425 g/mol. The summed E-state index contributed by atoms with van der Waals surface area (Å²) in [6.07, 6.45) is 0.655. The Balaban J connectivity index is 1.68. The number of ether oxygens (including phenoxy) is 2. The van der Waals surface area contributed by atoms with Crippen LogP contribution in [0.4, 0.5) is 4.39 Å². The fraction of sp³-hybridized carbons (Fsp3) is 0.333. The van der Waals surface area contributed by atoms with E-state index in [1.807, 2.05) is 39.0 Å². The van der Waals surface area contributed by atoms with Crippen LogP contribution < -0.4 is 14.8 Å². The van der Waals surface area contributed by atoms with Crippen LogP contribution in [0.2, 0.25) is 0 Å². The van der Waals surface area contributed by atoms with Crippen LogP contribution in [0.5, 0.6) is 11.5 Å². The summed E-state index contributed by atoms with van der Waals surface area (Å²) in [6.45, 7) is 9.08. The number of halogens is 1. The summed E-state index contributed by atoms with van der Waals surface area (Å²) < 4.78 is 26.1. The van der Waals surface area contributed by atoms with Crippen molar-refractivity contribution in [1.82, 2.24) is 15.1 Å². The molecule has 3 rings (SSSR count). The van der Waals surface area contributed by atoms with E-state index in [1.54, 1.807) is 23.7 Å². The minimum absolute atomic E-state index is 0.181. The molecule has 0 spiro atoms. The number of nitrogens with one attached hydrogen (secondary N) is 1. The largest absolute Gasteiger partial charge is 0.490 e. The first-order valence-corrected chi connectivity index (χ1v) is 10.4. The summed E-state index contributed by atoms with van der Waals surface area (Å²) in [7, 11) is 0. The van der Waals surface area contributed by atoms with Gasteiger partial charge in [-0.15, -0.1) is 0 Å². The maximum Gasteiger partial charge on any atom is 0.255 e. The van der Waals surface area contributed by atoms with Gasteiger partial charge in [-0.25, -0.2) is 9.07 Å². The van der Waals surface area contributed by atoms with E-state index < -0.39 is 0 Å². The van der Waals surface area contributed by atoms with Crippen molar-refractivity contribution in [2.75, 3.05) is 19.8 Å². The molecule has 0 atom stereocenters. The smallest absolute Gasteiger partial charge is 0.255 e. The van der Waals surface area contributed by atoms with Gasteiger partial charge in [-0.05, 0) is 76.1 Å². The molecule has 0 saturated heterocycles. The Labute approximate surface area is 182 Å². The van der Waals surface area contributed by atoms with E-state index in [4.69, 9.17) is 9.47 Å². The summed E-state index contributed by atoms with van der Waals surface area (Å²) in [5.41, 5.74) is 3.62. The normalized spacial score (nSPS) is 10.7. The lowest BCUT2D eigenvalue weighted by molar-refractivity contribution is 0.0953. The third-order valence-corrected chi connectivity index (χ3v) is 4.90. The highest BCUT2D eigenvalue weighted by atomic mass is 19.1. The van der Waals surface area contributed by atoms with Crippen molar-refractivity contribution in [3.05, 3.63) is 70.8 Å². The summed E-state index contributed by atoms with van der Waals surface area (Å²) >= 11 is 0. The van der Waals surface area contributed by atoms with Gasteiger partial charge in [0.15, 0.2) is 11.5 Å². The van der Waals surface area contributed by atoms with E-state index in [1.165, 1.54) is 12.1 Å². The lowest BCUT2D eigenvalue weighted by atomic mass is 10.1. The molecule has 1 aromatic heterocycles. The van der Waals surface area contributed by atoms with Crippen molar-refractivity contribution in [1.29, 1.82) is 0 Å².